The molecular weight excluding hydrogens is 300 g/mol. The zero-order valence-electron chi connectivity index (χ0n) is 13.6. The van der Waals surface area contributed by atoms with Gasteiger partial charge in [-0.2, -0.15) is 0 Å². The predicted molar refractivity (Wildman–Crippen MR) is 85.1 cm³/mol. The summed E-state index contributed by atoms with van der Waals surface area (Å²) in [5, 5.41) is 0. The topological polar surface area (TPSA) is 91.1 Å². The van der Waals surface area contributed by atoms with E-state index in [1.54, 1.807) is 19.9 Å². The zero-order chi connectivity index (χ0) is 17.1. The van der Waals surface area contributed by atoms with E-state index in [2.05, 4.69) is 0 Å². The van der Waals surface area contributed by atoms with Crippen molar-refractivity contribution in [1.82, 2.24) is 0 Å². The second-order valence-corrected chi connectivity index (χ2v) is 4.92. The number of amides is 1. The van der Waals surface area contributed by atoms with Gasteiger partial charge in [0.25, 0.3) is 0 Å². The molecule has 1 aromatic carbocycles. The number of hydrogen-bond donors (Lipinski definition) is 1. The molecule has 1 aromatic rings. The van der Waals surface area contributed by atoms with Crippen LogP contribution < -0.4 is 20.1 Å². The summed E-state index contributed by atoms with van der Waals surface area (Å²) in [5.74, 6) is 0.562. The highest BCUT2D eigenvalue weighted by Gasteiger charge is 2.38. The monoisotopic (exact) mass is 320 g/mol. The predicted octanol–water partition coefficient (Wildman–Crippen LogP) is 2.09. The average molecular weight is 320 g/mol. The SMILES string of the molecule is CCOC(=O)N1c2cc(OC)c(OC)cc2C(=O)/C(=C/N)C1C. The fourth-order valence-corrected chi connectivity index (χ4v) is 2.61. The van der Waals surface area contributed by atoms with Gasteiger partial charge in [0.15, 0.2) is 17.3 Å². The highest BCUT2D eigenvalue weighted by molar-refractivity contribution is 6.18. The van der Waals surface area contributed by atoms with Crippen LogP contribution in [-0.2, 0) is 4.74 Å². The molecule has 0 saturated carbocycles. The van der Waals surface area contributed by atoms with Gasteiger partial charge in [0, 0.05) is 17.8 Å². The number of ether oxygens (including phenoxy) is 3. The van der Waals surface area contributed by atoms with E-state index in [0.717, 1.165) is 0 Å². The quantitative estimate of drug-likeness (QED) is 0.858. The Labute approximate surface area is 134 Å². The van der Waals surface area contributed by atoms with Crippen molar-refractivity contribution < 1.29 is 23.8 Å². The van der Waals surface area contributed by atoms with Crippen LogP contribution >= 0.6 is 0 Å². The van der Waals surface area contributed by atoms with Gasteiger partial charge in [-0.15, -0.1) is 0 Å². The summed E-state index contributed by atoms with van der Waals surface area (Å²) in [7, 11) is 2.96. The molecule has 0 saturated heterocycles. The molecule has 2 rings (SSSR count). The van der Waals surface area contributed by atoms with Gasteiger partial charge in [0.2, 0.25) is 0 Å². The first-order chi connectivity index (χ1) is 11.0. The molecule has 7 heteroatoms. The number of Topliss-reactive ketones (excluding diaryl/α,β-unsaturated/α-hetero) is 1. The van der Waals surface area contributed by atoms with Gasteiger partial charge in [-0.1, -0.05) is 0 Å². The number of hydrogen-bond acceptors (Lipinski definition) is 6. The lowest BCUT2D eigenvalue weighted by Crippen LogP contribution is -2.46. The molecule has 1 aliphatic rings. The zero-order valence-corrected chi connectivity index (χ0v) is 13.6. The normalized spacial score (nSPS) is 18.6. The van der Waals surface area contributed by atoms with E-state index in [-0.39, 0.29) is 12.4 Å². The second kappa shape index (κ2) is 6.60. The Balaban J connectivity index is 2.69. The Morgan fingerprint density at radius 2 is 1.91 bits per heavy atom. The van der Waals surface area contributed by atoms with Crippen molar-refractivity contribution in [3.63, 3.8) is 0 Å². The number of nitrogens with zero attached hydrogens (tertiary/aromatic N) is 1. The molecule has 23 heavy (non-hydrogen) atoms. The summed E-state index contributed by atoms with van der Waals surface area (Å²) in [6, 6.07) is 2.59. The molecule has 0 bridgehead atoms. The maximum atomic E-state index is 12.6. The maximum Gasteiger partial charge on any atom is 0.414 e. The van der Waals surface area contributed by atoms with Gasteiger partial charge in [0.05, 0.1) is 38.1 Å². The number of rotatable bonds is 3. The van der Waals surface area contributed by atoms with Crippen LogP contribution in [0, 0.1) is 0 Å². The van der Waals surface area contributed by atoms with Crippen LogP contribution in [0.1, 0.15) is 24.2 Å². The van der Waals surface area contributed by atoms with E-state index < -0.39 is 12.1 Å². The van der Waals surface area contributed by atoms with Crippen LogP contribution in [0.3, 0.4) is 0 Å². The third-order valence-electron chi connectivity index (χ3n) is 3.75. The molecule has 1 unspecified atom stereocenters. The number of fused-ring (bicyclic) bond motifs is 1. The third kappa shape index (κ3) is 2.69. The smallest absolute Gasteiger partial charge is 0.414 e. The van der Waals surface area contributed by atoms with Gasteiger partial charge in [-0.05, 0) is 19.9 Å². The molecule has 124 valence electrons. The first kappa shape index (κ1) is 16.7. The van der Waals surface area contributed by atoms with Crippen molar-refractivity contribution in [3.8, 4) is 11.5 Å². The van der Waals surface area contributed by atoms with Gasteiger partial charge in [0.1, 0.15) is 0 Å². The van der Waals surface area contributed by atoms with E-state index in [4.69, 9.17) is 19.9 Å². The van der Waals surface area contributed by atoms with Crippen molar-refractivity contribution >= 4 is 17.6 Å². The Kier molecular flexibility index (Phi) is 4.78. The lowest BCUT2D eigenvalue weighted by Gasteiger charge is -2.35. The van der Waals surface area contributed by atoms with Gasteiger partial charge < -0.3 is 19.9 Å². The molecule has 1 aliphatic heterocycles. The Morgan fingerprint density at radius 1 is 1.30 bits per heavy atom. The largest absolute Gasteiger partial charge is 0.493 e. The standard InChI is InChI=1S/C16H20N2O5/c1-5-23-16(20)18-9(2)11(8-17)15(19)10-6-13(21-3)14(22-4)7-12(10)18/h6-9H,5,17H2,1-4H3/b11-8+. The Hall–Kier alpha value is -2.70. The molecule has 1 atom stereocenters. The van der Waals surface area contributed by atoms with Crippen molar-refractivity contribution in [2.45, 2.75) is 19.9 Å². The van der Waals surface area contributed by atoms with Crippen molar-refractivity contribution in [1.29, 1.82) is 0 Å². The average Bonchev–Trinajstić information content (AvgIpc) is 2.54. The summed E-state index contributed by atoms with van der Waals surface area (Å²) < 4.78 is 15.6. The first-order valence-corrected chi connectivity index (χ1v) is 7.18. The van der Waals surface area contributed by atoms with E-state index in [1.807, 2.05) is 0 Å². The number of nitrogens with two attached hydrogens (primary N) is 1. The van der Waals surface area contributed by atoms with Crippen LogP contribution in [-0.4, -0.2) is 38.7 Å². The number of anilines is 1. The number of carbonyl (C=O) groups excluding carboxylic acids is 2. The summed E-state index contributed by atoms with van der Waals surface area (Å²) in [6.45, 7) is 3.65. The molecule has 0 fully saturated rings. The molecule has 2 N–H and O–H groups in total. The van der Waals surface area contributed by atoms with Crippen LogP contribution in [0.4, 0.5) is 10.5 Å². The minimum atomic E-state index is -0.555. The number of methoxy groups -OCH3 is 2. The van der Waals surface area contributed by atoms with E-state index in [9.17, 15) is 9.59 Å². The molecule has 1 heterocycles. The first-order valence-electron chi connectivity index (χ1n) is 7.18. The van der Waals surface area contributed by atoms with Crippen LogP contribution in [0.5, 0.6) is 11.5 Å². The molecule has 0 aliphatic carbocycles. The fourth-order valence-electron chi connectivity index (χ4n) is 2.61. The molecule has 7 nitrogen and oxygen atoms in total. The third-order valence-corrected chi connectivity index (χ3v) is 3.75. The molecular formula is C16H20N2O5. The molecule has 0 aromatic heterocycles. The number of carbonyl (C=O) groups is 2. The Morgan fingerprint density at radius 3 is 2.43 bits per heavy atom. The van der Waals surface area contributed by atoms with E-state index in [1.165, 1.54) is 31.4 Å². The van der Waals surface area contributed by atoms with Crippen molar-refractivity contribution in [2.24, 2.45) is 5.73 Å². The Bertz CT molecular complexity index is 669. The number of ketones is 1. The van der Waals surface area contributed by atoms with Gasteiger partial charge in [-0.3, -0.25) is 9.69 Å². The molecule has 0 spiro atoms. The van der Waals surface area contributed by atoms with Crippen molar-refractivity contribution in [2.75, 3.05) is 25.7 Å². The maximum absolute atomic E-state index is 12.6. The van der Waals surface area contributed by atoms with E-state index in [0.29, 0.717) is 28.3 Å². The van der Waals surface area contributed by atoms with Gasteiger partial charge >= 0.3 is 6.09 Å². The van der Waals surface area contributed by atoms with E-state index >= 15 is 0 Å². The molecule has 0 radical (unpaired) electrons. The van der Waals surface area contributed by atoms with Crippen molar-refractivity contribution in [3.05, 3.63) is 29.5 Å². The minimum absolute atomic E-state index is 0.223. The fraction of sp³-hybridized carbons (Fsp3) is 0.375. The number of benzene rings is 1. The van der Waals surface area contributed by atoms with Crippen LogP contribution in [0.25, 0.3) is 0 Å². The molecule has 1 amide bonds. The lowest BCUT2D eigenvalue weighted by molar-refractivity contribution is 0.102. The minimum Gasteiger partial charge on any atom is -0.493 e. The highest BCUT2D eigenvalue weighted by atomic mass is 16.6. The summed E-state index contributed by atoms with van der Waals surface area (Å²) in [4.78, 5) is 26.4. The summed E-state index contributed by atoms with van der Waals surface area (Å²) >= 11 is 0. The van der Waals surface area contributed by atoms with Gasteiger partial charge in [-0.25, -0.2) is 4.79 Å². The second-order valence-electron chi connectivity index (χ2n) is 4.92. The van der Waals surface area contributed by atoms with Crippen LogP contribution in [0.15, 0.2) is 23.9 Å². The highest BCUT2D eigenvalue weighted by Crippen LogP contribution is 2.41. The summed E-state index contributed by atoms with van der Waals surface area (Å²) in [6.07, 6.45) is 0.666. The van der Waals surface area contributed by atoms with Crippen LogP contribution in [0.2, 0.25) is 0 Å². The summed E-state index contributed by atoms with van der Waals surface area (Å²) in [5.41, 5.74) is 6.62. The lowest BCUT2D eigenvalue weighted by atomic mass is 9.90.